The summed E-state index contributed by atoms with van der Waals surface area (Å²) in [5.41, 5.74) is 15.3. The Kier molecular flexibility index (Phi) is 6.80. The van der Waals surface area contributed by atoms with Gasteiger partial charge < -0.3 is 18.6 Å². The number of rotatable bonds is 2. The predicted octanol–water partition coefficient (Wildman–Crippen LogP) is 17.8. The monoisotopic (exact) mass is 846 g/mol. The van der Waals surface area contributed by atoms with Gasteiger partial charge in [0.2, 0.25) is 0 Å². The summed E-state index contributed by atoms with van der Waals surface area (Å²) >= 11 is 0. The molecule has 4 nitrogen and oxygen atoms in total. The number of furan rings is 2. The smallest absolute Gasteiger partial charge is 0.137 e. The first-order valence-corrected chi connectivity index (χ1v) is 23.1. The van der Waals surface area contributed by atoms with Gasteiger partial charge in [0.15, 0.2) is 0 Å². The molecule has 2 aliphatic heterocycles. The van der Waals surface area contributed by atoms with Gasteiger partial charge in [0.1, 0.15) is 22.3 Å². The number of hydrogen-bond donors (Lipinski definition) is 0. The highest BCUT2D eigenvalue weighted by Crippen LogP contribution is 2.58. The van der Waals surface area contributed by atoms with E-state index in [9.17, 15) is 0 Å². The van der Waals surface area contributed by atoms with E-state index in [1.165, 1.54) is 76.7 Å². The summed E-state index contributed by atoms with van der Waals surface area (Å²) in [6.45, 7) is 9.45. The van der Waals surface area contributed by atoms with Crippen molar-refractivity contribution in [3.63, 3.8) is 0 Å². The van der Waals surface area contributed by atoms with Gasteiger partial charge in [-0.3, -0.25) is 0 Å². The number of para-hydroxylation sites is 4. The normalized spacial score (nSPS) is 15.2. The third kappa shape index (κ3) is 4.49. The number of fused-ring (bicyclic) bond motifs is 12. The van der Waals surface area contributed by atoms with Crippen molar-refractivity contribution in [2.75, 3.05) is 9.80 Å². The van der Waals surface area contributed by atoms with Crippen LogP contribution >= 0.6 is 0 Å². The first kappa shape index (κ1) is 36.3. The Morgan fingerprint density at radius 2 is 0.652 bits per heavy atom. The maximum Gasteiger partial charge on any atom is 0.137 e. The summed E-state index contributed by atoms with van der Waals surface area (Å²) in [6.07, 6.45) is 0. The summed E-state index contributed by atoms with van der Waals surface area (Å²) in [7, 11) is 0. The van der Waals surface area contributed by atoms with E-state index < -0.39 is 0 Å². The van der Waals surface area contributed by atoms with Crippen molar-refractivity contribution < 1.29 is 8.83 Å². The van der Waals surface area contributed by atoms with Gasteiger partial charge in [0.25, 0.3) is 0 Å². The summed E-state index contributed by atoms with van der Waals surface area (Å²) in [6, 6.07) is 67.3. The molecule has 0 saturated heterocycles. The van der Waals surface area contributed by atoms with Crippen LogP contribution in [0.3, 0.4) is 0 Å². The highest BCUT2D eigenvalue weighted by Gasteiger charge is 2.40. The Labute approximate surface area is 380 Å². The van der Waals surface area contributed by atoms with E-state index in [1.54, 1.807) is 0 Å². The maximum absolute atomic E-state index is 6.58. The molecule has 0 saturated carbocycles. The molecular weight excluding hydrogens is 805 g/mol. The Balaban J connectivity index is 0.982. The zero-order valence-corrected chi connectivity index (χ0v) is 37.0. The molecule has 0 spiro atoms. The number of nitrogens with zero attached hydrogens (tertiary/aromatic N) is 2. The molecule has 0 fully saturated rings. The van der Waals surface area contributed by atoms with Crippen LogP contribution in [0.5, 0.6) is 0 Å². The van der Waals surface area contributed by atoms with Crippen LogP contribution in [0.25, 0.3) is 87.0 Å². The van der Waals surface area contributed by atoms with Crippen LogP contribution < -0.4 is 9.80 Å². The highest BCUT2D eigenvalue weighted by atomic mass is 16.3. The number of hydrogen-bond acceptors (Lipinski definition) is 4. The van der Waals surface area contributed by atoms with Gasteiger partial charge in [-0.05, 0) is 103 Å². The fourth-order valence-corrected chi connectivity index (χ4v) is 12.4. The van der Waals surface area contributed by atoms with Crippen molar-refractivity contribution in [3.8, 4) is 0 Å². The van der Waals surface area contributed by atoms with Crippen molar-refractivity contribution in [2.24, 2.45) is 0 Å². The van der Waals surface area contributed by atoms with E-state index in [0.29, 0.717) is 0 Å². The highest BCUT2D eigenvalue weighted by molar-refractivity contribution is 6.35. The third-order valence-corrected chi connectivity index (χ3v) is 15.6. The lowest BCUT2D eigenvalue weighted by Crippen LogP contribution is -2.30. The maximum atomic E-state index is 6.58. The minimum atomic E-state index is -0.239. The molecule has 11 aromatic carbocycles. The van der Waals surface area contributed by atoms with Crippen LogP contribution in [0.2, 0.25) is 0 Å². The summed E-state index contributed by atoms with van der Waals surface area (Å²) in [5, 5.41) is 14.6. The standard InChI is InChI=1S/C62H42N2O2/c1-61(2)45-21-7-9-23-51(45)63(53-33-57-43(31-47(53)61)35-15-5-11-25-55(35)65-57)49-29-27-39-40-28-30-50(42-20-14-18-38(60(40)42)37-17-13-19-41(49)59(37)39)64-52-24-10-8-22-46(52)62(3,4)48-32-44-36-16-6-12-26-56(36)66-58(44)34-54(48)64/h5-34H,1-4H3. The second-order valence-corrected chi connectivity index (χ2v) is 19.6. The van der Waals surface area contributed by atoms with E-state index in [2.05, 4.69) is 219 Å². The summed E-state index contributed by atoms with van der Waals surface area (Å²) in [5.74, 6) is 0. The summed E-state index contributed by atoms with van der Waals surface area (Å²) < 4.78 is 13.2. The fourth-order valence-electron chi connectivity index (χ4n) is 12.4. The largest absolute Gasteiger partial charge is 0.456 e. The van der Waals surface area contributed by atoms with Gasteiger partial charge >= 0.3 is 0 Å². The van der Waals surface area contributed by atoms with Gasteiger partial charge in [-0.2, -0.15) is 0 Å². The number of anilines is 6. The third-order valence-electron chi connectivity index (χ3n) is 15.6. The summed E-state index contributed by atoms with van der Waals surface area (Å²) in [4.78, 5) is 4.99. The fraction of sp³-hybridized carbons (Fsp3) is 0.0968. The zero-order chi connectivity index (χ0) is 43.8. The van der Waals surface area contributed by atoms with E-state index in [4.69, 9.17) is 8.83 Å². The van der Waals surface area contributed by atoms with Gasteiger partial charge in [0, 0.05) is 55.3 Å². The molecule has 4 heterocycles. The molecule has 312 valence electrons. The van der Waals surface area contributed by atoms with Crippen molar-refractivity contribution in [1.29, 1.82) is 0 Å². The molecule has 2 aromatic heterocycles. The van der Waals surface area contributed by atoms with E-state index >= 15 is 0 Å². The van der Waals surface area contributed by atoms with Crippen molar-refractivity contribution in [1.82, 2.24) is 0 Å². The second kappa shape index (κ2) is 12.4. The topological polar surface area (TPSA) is 32.8 Å². The SMILES string of the molecule is CC1(C)c2ccccc2N(c2ccc3c4ccc(N5c6ccccc6C(C)(C)c6cc7c(cc65)oc5ccccc57)c5cccc(c6cccc2c63)c54)c2cc3oc4ccccc4c3cc21. The van der Waals surface area contributed by atoms with Crippen molar-refractivity contribution in [2.45, 2.75) is 38.5 Å². The lowest BCUT2D eigenvalue weighted by Gasteiger charge is -2.42. The first-order valence-electron chi connectivity index (χ1n) is 23.1. The Morgan fingerprint density at radius 3 is 1.12 bits per heavy atom. The van der Waals surface area contributed by atoms with Crippen LogP contribution in [0.1, 0.15) is 49.9 Å². The van der Waals surface area contributed by atoms with Crippen molar-refractivity contribution in [3.05, 3.63) is 204 Å². The molecular formula is C62H42N2O2. The lowest BCUT2D eigenvalue weighted by molar-refractivity contribution is 0.630. The van der Waals surface area contributed by atoms with E-state index in [1.807, 2.05) is 0 Å². The molecule has 13 aromatic rings. The van der Waals surface area contributed by atoms with Gasteiger partial charge in [-0.1, -0.05) is 149 Å². The lowest BCUT2D eigenvalue weighted by atomic mass is 9.73. The first-order chi connectivity index (χ1) is 32.3. The molecule has 0 aliphatic carbocycles. The second-order valence-electron chi connectivity index (χ2n) is 19.6. The minimum absolute atomic E-state index is 0.239. The molecule has 15 rings (SSSR count). The van der Waals surface area contributed by atoms with Crippen LogP contribution in [0.4, 0.5) is 34.1 Å². The molecule has 66 heavy (non-hydrogen) atoms. The van der Waals surface area contributed by atoms with Crippen LogP contribution in [-0.4, -0.2) is 0 Å². The van der Waals surface area contributed by atoms with Gasteiger partial charge in [-0.15, -0.1) is 0 Å². The average molecular weight is 847 g/mol. The minimum Gasteiger partial charge on any atom is -0.456 e. The molecule has 0 radical (unpaired) electrons. The van der Waals surface area contributed by atoms with Crippen LogP contribution in [-0.2, 0) is 10.8 Å². The molecule has 0 unspecified atom stereocenters. The molecule has 4 heteroatoms. The Bertz CT molecular complexity index is 3970. The van der Waals surface area contributed by atoms with E-state index in [-0.39, 0.29) is 10.8 Å². The molecule has 2 aliphatic rings. The van der Waals surface area contributed by atoms with Crippen molar-refractivity contribution >= 4 is 121 Å². The predicted molar refractivity (Wildman–Crippen MR) is 276 cm³/mol. The Morgan fingerprint density at radius 1 is 0.273 bits per heavy atom. The molecule has 0 N–H and O–H groups in total. The number of benzene rings is 11. The van der Waals surface area contributed by atoms with Crippen LogP contribution in [0.15, 0.2) is 191 Å². The molecule has 0 bridgehead atoms. The van der Waals surface area contributed by atoms with Gasteiger partial charge in [-0.25, -0.2) is 0 Å². The molecule has 0 amide bonds. The Hall–Kier alpha value is -8.08. The van der Waals surface area contributed by atoms with Gasteiger partial charge in [0.05, 0.1) is 34.1 Å². The quantitative estimate of drug-likeness (QED) is 0.128. The molecule has 0 atom stereocenters. The van der Waals surface area contributed by atoms with Crippen LogP contribution in [0, 0.1) is 0 Å². The average Bonchev–Trinajstić information content (AvgIpc) is 3.90. The zero-order valence-electron chi connectivity index (χ0n) is 37.0. The van der Waals surface area contributed by atoms with E-state index in [0.717, 1.165) is 66.6 Å².